The van der Waals surface area contributed by atoms with Crippen LogP contribution in [0, 0.1) is 6.92 Å². The second-order valence-corrected chi connectivity index (χ2v) is 15.4. The summed E-state index contributed by atoms with van der Waals surface area (Å²) < 4.78 is 11.2. The number of nitrogens with one attached hydrogen (secondary N) is 2. The zero-order chi connectivity index (χ0) is 39.7. The number of carbonyl (C=O) groups is 2. The van der Waals surface area contributed by atoms with Crippen LogP contribution in [0.1, 0.15) is 53.9 Å². The Hall–Kier alpha value is -4.06. The molecule has 2 amide bonds. The topological polar surface area (TPSA) is 167 Å². The molecule has 3 fully saturated rings. The molecule has 304 valence electrons. The zero-order valence-electron chi connectivity index (χ0n) is 33.4. The van der Waals surface area contributed by atoms with Crippen LogP contribution in [-0.4, -0.2) is 142 Å². The van der Waals surface area contributed by atoms with E-state index in [4.69, 9.17) is 9.47 Å². The summed E-state index contributed by atoms with van der Waals surface area (Å²) in [5, 5.41) is 6.47. The Morgan fingerprint density at radius 2 is 1.25 bits per heavy atom. The third-order valence-electron chi connectivity index (χ3n) is 8.43. The van der Waals surface area contributed by atoms with E-state index in [1.54, 1.807) is 73.0 Å². The number of nitrogens with zero attached hydrogens (tertiary/aromatic N) is 10. The van der Waals surface area contributed by atoms with E-state index in [1.165, 1.54) is 6.42 Å². The van der Waals surface area contributed by atoms with Crippen molar-refractivity contribution in [1.29, 1.82) is 0 Å². The van der Waals surface area contributed by atoms with Crippen molar-refractivity contribution in [2.75, 3.05) is 70.2 Å². The van der Waals surface area contributed by atoms with Gasteiger partial charge in [0.1, 0.15) is 12.5 Å². The van der Waals surface area contributed by atoms with E-state index in [-0.39, 0.29) is 30.6 Å². The zero-order valence-corrected chi connectivity index (χ0v) is 35.8. The summed E-state index contributed by atoms with van der Waals surface area (Å²) in [5.41, 5.74) is -1.10. The molecule has 0 unspecified atom stereocenters. The van der Waals surface area contributed by atoms with Gasteiger partial charge < -0.3 is 39.7 Å². The summed E-state index contributed by atoms with van der Waals surface area (Å²) >= 11 is 3.09. The molecule has 6 rings (SSSR count). The van der Waals surface area contributed by atoms with Gasteiger partial charge in [0.2, 0.25) is 17.5 Å². The van der Waals surface area contributed by atoms with Crippen molar-refractivity contribution in [3.8, 4) is 0 Å². The Bertz CT molecular complexity index is 1520. The number of rotatable bonds is 6. The van der Waals surface area contributed by atoms with Gasteiger partial charge >= 0.3 is 12.2 Å². The first-order valence-electron chi connectivity index (χ1n) is 18.2. The summed E-state index contributed by atoms with van der Waals surface area (Å²) in [4.78, 5) is 55.7. The molecule has 3 aliphatic heterocycles. The molecular formula is C37H59BrClN12O4+. The summed E-state index contributed by atoms with van der Waals surface area (Å²) in [6, 6.07) is 6.57. The fourth-order valence-corrected chi connectivity index (χ4v) is 5.77. The van der Waals surface area contributed by atoms with Gasteiger partial charge in [0.15, 0.2) is 4.73 Å². The van der Waals surface area contributed by atoms with Crippen molar-refractivity contribution >= 4 is 52.4 Å². The van der Waals surface area contributed by atoms with Crippen LogP contribution in [0.5, 0.6) is 0 Å². The number of ether oxygens (including phenoxy) is 2. The molecule has 55 heavy (non-hydrogen) atoms. The first-order valence-corrected chi connectivity index (χ1v) is 19.0. The van der Waals surface area contributed by atoms with E-state index in [2.05, 4.69) is 68.3 Å². The number of likely N-dealkylation sites (N-methyl/N-ethyl adjacent to an activating group) is 3. The summed E-state index contributed by atoms with van der Waals surface area (Å²) in [6.45, 7) is 17.9. The van der Waals surface area contributed by atoms with E-state index in [0.717, 1.165) is 45.0 Å². The van der Waals surface area contributed by atoms with Gasteiger partial charge in [-0.25, -0.2) is 39.5 Å². The SMILES string of the molecule is Brc1ncccn1.CN(c1ncccn1)[C@H]1CCN(C(=O)OC(C)(C)C)C1.CN(c1ncccn1)[C@H]1CCNC1.Cl.[CH2+]C(C)(C)OC(=O)N1CC[C@H](NC)C1. The van der Waals surface area contributed by atoms with Crippen molar-refractivity contribution in [2.24, 2.45) is 0 Å². The van der Waals surface area contributed by atoms with E-state index in [0.29, 0.717) is 35.9 Å². The maximum absolute atomic E-state index is 12.0. The average Bonchev–Trinajstić information content (AvgIpc) is 3.95. The number of likely N-dealkylation sites (tertiary alicyclic amines) is 2. The van der Waals surface area contributed by atoms with Crippen LogP contribution in [0.4, 0.5) is 21.5 Å². The van der Waals surface area contributed by atoms with Crippen molar-refractivity contribution in [1.82, 2.24) is 50.3 Å². The van der Waals surface area contributed by atoms with Gasteiger partial charge in [-0.3, -0.25) is 0 Å². The molecular weight excluding hydrogens is 792 g/mol. The molecule has 2 N–H and O–H groups in total. The van der Waals surface area contributed by atoms with E-state index in [9.17, 15) is 9.59 Å². The maximum Gasteiger partial charge on any atom is 0.413 e. The number of hydrogen-bond donors (Lipinski definition) is 2. The van der Waals surface area contributed by atoms with Crippen LogP contribution in [0.3, 0.4) is 0 Å². The Morgan fingerprint density at radius 1 is 0.782 bits per heavy atom. The first-order chi connectivity index (χ1) is 25.6. The molecule has 6 heterocycles. The fourth-order valence-electron chi connectivity index (χ4n) is 5.54. The highest BCUT2D eigenvalue weighted by molar-refractivity contribution is 9.10. The normalized spacial score (nSPS) is 18.9. The van der Waals surface area contributed by atoms with Gasteiger partial charge in [0.05, 0.1) is 6.04 Å². The minimum Gasteiger partial charge on any atom is -0.444 e. The van der Waals surface area contributed by atoms with Gasteiger partial charge in [-0.05, 0) is 87.8 Å². The Morgan fingerprint density at radius 3 is 1.67 bits per heavy atom. The van der Waals surface area contributed by atoms with E-state index < -0.39 is 11.2 Å². The number of anilines is 2. The molecule has 0 aromatic carbocycles. The molecule has 3 aliphatic rings. The van der Waals surface area contributed by atoms with Gasteiger partial charge in [-0.2, -0.15) is 0 Å². The lowest BCUT2D eigenvalue weighted by Gasteiger charge is -2.26. The monoisotopic (exact) mass is 849 g/mol. The van der Waals surface area contributed by atoms with Gasteiger partial charge in [-0.15, -0.1) is 12.4 Å². The number of hydrogen-bond acceptors (Lipinski definition) is 14. The molecule has 0 radical (unpaired) electrons. The lowest BCUT2D eigenvalue weighted by Crippen LogP contribution is -2.39. The lowest BCUT2D eigenvalue weighted by atomic mass is 10.2. The number of aromatic nitrogens is 6. The van der Waals surface area contributed by atoms with Gasteiger partial charge in [0.25, 0.3) is 0 Å². The maximum atomic E-state index is 12.0. The summed E-state index contributed by atoms with van der Waals surface area (Å²) in [6.07, 6.45) is 12.9. The highest BCUT2D eigenvalue weighted by atomic mass is 79.9. The van der Waals surface area contributed by atoms with Crippen LogP contribution < -0.4 is 20.4 Å². The fraction of sp³-hybridized carbons (Fsp3) is 0.595. The molecule has 3 atom stereocenters. The second kappa shape index (κ2) is 23.1. The number of carbonyl (C=O) groups excluding carboxylic acids is 2. The minimum atomic E-state index is -0.644. The van der Waals surface area contributed by atoms with Crippen LogP contribution in [-0.2, 0) is 9.47 Å². The molecule has 16 nitrogen and oxygen atoms in total. The van der Waals surface area contributed by atoms with Crippen LogP contribution in [0.15, 0.2) is 60.1 Å². The Kier molecular flexibility index (Phi) is 19.8. The summed E-state index contributed by atoms with van der Waals surface area (Å²) in [7, 11) is 5.91. The molecule has 3 aromatic heterocycles. The Balaban J connectivity index is 0.000000265. The van der Waals surface area contributed by atoms with E-state index in [1.807, 2.05) is 52.9 Å². The second-order valence-electron chi connectivity index (χ2n) is 14.7. The molecule has 0 spiro atoms. The lowest BCUT2D eigenvalue weighted by molar-refractivity contribution is 0.0292. The van der Waals surface area contributed by atoms with Gasteiger partial charge in [-0.1, -0.05) is 0 Å². The molecule has 3 saturated heterocycles. The van der Waals surface area contributed by atoms with Crippen molar-refractivity contribution < 1.29 is 19.1 Å². The van der Waals surface area contributed by atoms with Crippen LogP contribution in [0.2, 0.25) is 0 Å². The molecule has 0 aliphatic carbocycles. The van der Waals surface area contributed by atoms with Crippen molar-refractivity contribution in [3.63, 3.8) is 0 Å². The quantitative estimate of drug-likeness (QED) is 0.254. The van der Waals surface area contributed by atoms with E-state index >= 15 is 0 Å². The van der Waals surface area contributed by atoms with Crippen molar-refractivity contribution in [2.45, 2.75) is 83.2 Å². The van der Waals surface area contributed by atoms with Gasteiger partial charge in [0, 0.05) is 110 Å². The van der Waals surface area contributed by atoms with Crippen LogP contribution >= 0.6 is 28.3 Å². The third-order valence-corrected chi connectivity index (χ3v) is 8.84. The Labute approximate surface area is 341 Å². The highest BCUT2D eigenvalue weighted by Gasteiger charge is 2.33. The molecule has 0 bridgehead atoms. The largest absolute Gasteiger partial charge is 0.444 e. The third kappa shape index (κ3) is 17.5. The summed E-state index contributed by atoms with van der Waals surface area (Å²) in [5.74, 6) is 1.50. The smallest absolute Gasteiger partial charge is 0.413 e. The average molecular weight is 851 g/mol. The molecule has 0 saturated carbocycles. The van der Waals surface area contributed by atoms with Crippen molar-refractivity contribution in [3.05, 3.63) is 67.0 Å². The first kappa shape index (κ1) is 47.1. The highest BCUT2D eigenvalue weighted by Crippen LogP contribution is 2.20. The molecule has 18 heteroatoms. The van der Waals surface area contributed by atoms with Crippen LogP contribution in [0.25, 0.3) is 0 Å². The standard InChI is InChI=1S/C14H22N4O2.C10H19N2O2.C9H14N4.C4H3BrN2.ClH/c1-14(2,3)20-13(19)18-9-6-11(10-18)17(4)12-15-7-5-8-16-12;1-10(2,3)14-9(13)12-6-5-8(7-12)11-4;1-13(8-3-6-10-7-8)9-11-4-2-5-12-9;5-4-6-2-1-3-7-4;/h5,7-8,11H,6,9-10H2,1-4H3;8,11H,1,5-7H2,2-4H3;2,4-5,8,10H,3,6-7H2,1H3;1-3H;1H/q;+1;;;/t11-;2*8-;;/m000../s1. The molecule has 3 aromatic rings. The minimum absolute atomic E-state index is 0. The number of amides is 2. The predicted molar refractivity (Wildman–Crippen MR) is 220 cm³/mol. The number of halogens is 2. The predicted octanol–water partition coefficient (Wildman–Crippen LogP) is 4.89.